The summed E-state index contributed by atoms with van der Waals surface area (Å²) < 4.78 is 0. The number of thiophene rings is 1. The maximum Gasteiger partial charge on any atom is 0.254 e. The van der Waals surface area contributed by atoms with Crippen LogP contribution in [-0.4, -0.2) is 78.1 Å². The molecular weight excluding hydrogens is 374 g/mol. The normalized spacial score (nSPS) is 19.1. The zero-order valence-corrected chi connectivity index (χ0v) is 17.8. The predicted molar refractivity (Wildman–Crippen MR) is 111 cm³/mol. The SMILES string of the molecule is CCN1CCN(C(=O)CCC2CCN(C(=O)c3csc(C(C)=O)c3)CC2)CC1. The van der Waals surface area contributed by atoms with Gasteiger partial charge in [-0.15, -0.1) is 11.3 Å². The molecule has 0 N–H and O–H groups in total. The Labute approximate surface area is 171 Å². The van der Waals surface area contributed by atoms with Crippen LogP contribution in [-0.2, 0) is 4.79 Å². The van der Waals surface area contributed by atoms with Gasteiger partial charge in [0, 0.05) is 51.1 Å². The Kier molecular flexibility index (Phi) is 7.24. The van der Waals surface area contributed by atoms with Crippen molar-refractivity contribution in [1.82, 2.24) is 14.7 Å². The number of carbonyl (C=O) groups is 3. The summed E-state index contributed by atoms with van der Waals surface area (Å²) in [6.45, 7) is 9.88. The van der Waals surface area contributed by atoms with Gasteiger partial charge in [-0.2, -0.15) is 0 Å². The van der Waals surface area contributed by atoms with Gasteiger partial charge >= 0.3 is 0 Å². The van der Waals surface area contributed by atoms with Gasteiger partial charge in [-0.05, 0) is 44.7 Å². The lowest BCUT2D eigenvalue weighted by molar-refractivity contribution is -0.133. The molecule has 28 heavy (non-hydrogen) atoms. The summed E-state index contributed by atoms with van der Waals surface area (Å²) in [4.78, 5) is 43.4. The van der Waals surface area contributed by atoms with Crippen molar-refractivity contribution < 1.29 is 14.4 Å². The largest absolute Gasteiger partial charge is 0.340 e. The Morgan fingerprint density at radius 2 is 1.71 bits per heavy atom. The first kappa shape index (κ1) is 21.0. The molecule has 0 aliphatic carbocycles. The first-order valence-electron chi connectivity index (χ1n) is 10.4. The summed E-state index contributed by atoms with van der Waals surface area (Å²) >= 11 is 1.33. The Bertz CT molecular complexity index is 702. The minimum atomic E-state index is 0.00327. The summed E-state index contributed by atoms with van der Waals surface area (Å²) in [6.07, 6.45) is 3.44. The highest BCUT2D eigenvalue weighted by Crippen LogP contribution is 2.25. The molecule has 154 valence electrons. The molecule has 0 saturated carbocycles. The number of likely N-dealkylation sites (N-methyl/N-ethyl adjacent to an activating group) is 1. The highest BCUT2D eigenvalue weighted by Gasteiger charge is 2.26. The Morgan fingerprint density at radius 1 is 1.04 bits per heavy atom. The Balaban J connectivity index is 1.39. The number of ketones is 1. The quantitative estimate of drug-likeness (QED) is 0.683. The van der Waals surface area contributed by atoms with Crippen LogP contribution >= 0.6 is 11.3 Å². The molecule has 3 heterocycles. The molecular formula is C21H31N3O3S. The molecule has 0 radical (unpaired) electrons. The molecule has 0 atom stereocenters. The fraction of sp³-hybridized carbons (Fsp3) is 0.667. The van der Waals surface area contributed by atoms with E-state index in [4.69, 9.17) is 0 Å². The second-order valence-electron chi connectivity index (χ2n) is 7.85. The van der Waals surface area contributed by atoms with E-state index in [0.717, 1.165) is 65.1 Å². The smallest absolute Gasteiger partial charge is 0.254 e. The van der Waals surface area contributed by atoms with Gasteiger partial charge in [0.05, 0.1) is 10.4 Å². The lowest BCUT2D eigenvalue weighted by Crippen LogP contribution is -2.48. The van der Waals surface area contributed by atoms with Gasteiger partial charge in [0.2, 0.25) is 5.91 Å². The van der Waals surface area contributed by atoms with Crippen molar-refractivity contribution in [2.75, 3.05) is 45.8 Å². The monoisotopic (exact) mass is 405 g/mol. The van der Waals surface area contributed by atoms with Gasteiger partial charge < -0.3 is 14.7 Å². The molecule has 1 aromatic rings. The number of carbonyl (C=O) groups excluding carboxylic acids is 3. The topological polar surface area (TPSA) is 60.9 Å². The lowest BCUT2D eigenvalue weighted by atomic mass is 9.91. The zero-order valence-electron chi connectivity index (χ0n) is 17.0. The molecule has 0 aromatic carbocycles. The molecule has 7 heteroatoms. The number of hydrogen-bond acceptors (Lipinski definition) is 5. The standard InChI is InChI=1S/C21H31N3O3S/c1-3-22-10-12-23(13-11-22)20(26)5-4-17-6-8-24(9-7-17)21(27)18-14-19(16(2)25)28-15-18/h14-15,17H,3-13H2,1-2H3. The Hall–Kier alpha value is -1.73. The van der Waals surface area contributed by atoms with Gasteiger partial charge in [0.15, 0.2) is 5.78 Å². The second-order valence-corrected chi connectivity index (χ2v) is 8.76. The van der Waals surface area contributed by atoms with Gasteiger partial charge in [-0.1, -0.05) is 6.92 Å². The van der Waals surface area contributed by atoms with Crippen LogP contribution in [0.4, 0.5) is 0 Å². The molecule has 2 amide bonds. The highest BCUT2D eigenvalue weighted by molar-refractivity contribution is 7.12. The fourth-order valence-electron chi connectivity index (χ4n) is 4.04. The molecule has 6 nitrogen and oxygen atoms in total. The molecule has 0 unspecified atom stereocenters. The number of rotatable bonds is 6. The summed E-state index contributed by atoms with van der Waals surface area (Å²) in [5.41, 5.74) is 0.620. The number of nitrogens with zero attached hydrogens (tertiary/aromatic N) is 3. The second kappa shape index (κ2) is 9.65. The van der Waals surface area contributed by atoms with Crippen LogP contribution in [0, 0.1) is 5.92 Å². The van der Waals surface area contributed by atoms with Gasteiger partial charge in [-0.25, -0.2) is 0 Å². The minimum absolute atomic E-state index is 0.00327. The molecule has 1 aromatic heterocycles. The van der Waals surface area contributed by atoms with Crippen molar-refractivity contribution in [2.24, 2.45) is 5.92 Å². The minimum Gasteiger partial charge on any atom is -0.340 e. The van der Waals surface area contributed by atoms with Gasteiger partial charge in [0.25, 0.3) is 5.91 Å². The van der Waals surface area contributed by atoms with Crippen molar-refractivity contribution in [3.63, 3.8) is 0 Å². The molecule has 2 aliphatic rings. The number of piperidine rings is 1. The van der Waals surface area contributed by atoms with E-state index in [9.17, 15) is 14.4 Å². The zero-order chi connectivity index (χ0) is 20.1. The molecule has 0 spiro atoms. The van der Waals surface area contributed by atoms with E-state index in [0.29, 0.717) is 22.8 Å². The first-order valence-corrected chi connectivity index (χ1v) is 11.2. The summed E-state index contributed by atoms with van der Waals surface area (Å²) in [5.74, 6) is 0.820. The summed E-state index contributed by atoms with van der Waals surface area (Å²) in [7, 11) is 0. The lowest BCUT2D eigenvalue weighted by Gasteiger charge is -2.35. The summed E-state index contributed by atoms with van der Waals surface area (Å²) in [6, 6.07) is 1.71. The average Bonchev–Trinajstić information content (AvgIpc) is 3.22. The first-order chi connectivity index (χ1) is 13.5. The molecule has 2 saturated heterocycles. The van der Waals surface area contributed by atoms with E-state index in [1.807, 2.05) is 9.80 Å². The maximum absolute atomic E-state index is 12.6. The van der Waals surface area contributed by atoms with Gasteiger partial charge in [-0.3, -0.25) is 14.4 Å². The fourth-order valence-corrected chi connectivity index (χ4v) is 4.82. The van der Waals surface area contributed by atoms with Gasteiger partial charge in [0.1, 0.15) is 0 Å². The average molecular weight is 406 g/mol. The summed E-state index contributed by atoms with van der Waals surface area (Å²) in [5, 5.41) is 1.78. The number of hydrogen-bond donors (Lipinski definition) is 0. The van der Waals surface area contributed by atoms with Crippen LogP contribution in [0.1, 0.15) is 59.6 Å². The van der Waals surface area contributed by atoms with E-state index >= 15 is 0 Å². The third-order valence-corrected chi connectivity index (χ3v) is 7.06. The van der Waals surface area contributed by atoms with Crippen molar-refractivity contribution in [3.8, 4) is 0 Å². The van der Waals surface area contributed by atoms with Crippen LogP contribution in [0.5, 0.6) is 0 Å². The van der Waals surface area contributed by atoms with Crippen LogP contribution in [0.3, 0.4) is 0 Å². The third kappa shape index (κ3) is 5.20. The predicted octanol–water partition coefficient (Wildman–Crippen LogP) is 2.75. The van der Waals surface area contributed by atoms with Crippen molar-refractivity contribution >= 4 is 28.9 Å². The van der Waals surface area contributed by atoms with Crippen LogP contribution in [0.25, 0.3) is 0 Å². The highest BCUT2D eigenvalue weighted by atomic mass is 32.1. The Morgan fingerprint density at radius 3 is 2.29 bits per heavy atom. The number of Topliss-reactive ketones (excluding diaryl/α,β-unsaturated/α-hetero) is 1. The van der Waals surface area contributed by atoms with E-state index in [1.54, 1.807) is 11.4 Å². The number of likely N-dealkylation sites (tertiary alicyclic amines) is 1. The third-order valence-electron chi connectivity index (χ3n) is 6.03. The molecule has 3 rings (SSSR count). The van der Waals surface area contributed by atoms with Crippen molar-refractivity contribution in [1.29, 1.82) is 0 Å². The van der Waals surface area contributed by atoms with E-state index in [2.05, 4.69) is 11.8 Å². The van der Waals surface area contributed by atoms with Crippen LogP contribution in [0.2, 0.25) is 0 Å². The van der Waals surface area contributed by atoms with E-state index in [-0.39, 0.29) is 17.6 Å². The van der Waals surface area contributed by atoms with Crippen LogP contribution < -0.4 is 0 Å². The maximum atomic E-state index is 12.6. The van der Waals surface area contributed by atoms with Crippen molar-refractivity contribution in [2.45, 2.75) is 39.5 Å². The number of amides is 2. The van der Waals surface area contributed by atoms with E-state index < -0.39 is 0 Å². The van der Waals surface area contributed by atoms with Crippen molar-refractivity contribution in [3.05, 3.63) is 21.9 Å². The van der Waals surface area contributed by atoms with Crippen LogP contribution in [0.15, 0.2) is 11.4 Å². The molecule has 0 bridgehead atoms. The molecule has 2 aliphatic heterocycles. The van der Waals surface area contributed by atoms with E-state index in [1.165, 1.54) is 18.3 Å². The number of piperazine rings is 1. The molecule has 2 fully saturated rings.